The smallest absolute Gasteiger partial charge is 0.203 e. The second-order valence-electron chi connectivity index (χ2n) is 4.91. The highest BCUT2D eigenvalue weighted by molar-refractivity contribution is 7.80. The van der Waals surface area contributed by atoms with E-state index in [2.05, 4.69) is 10.5 Å². The van der Waals surface area contributed by atoms with Crippen LogP contribution in [-0.2, 0) is 6.42 Å². The van der Waals surface area contributed by atoms with E-state index >= 15 is 0 Å². The lowest BCUT2D eigenvalue weighted by Gasteiger charge is -2.12. The van der Waals surface area contributed by atoms with Crippen molar-refractivity contribution < 1.29 is 14.2 Å². The van der Waals surface area contributed by atoms with Gasteiger partial charge in [-0.15, -0.1) is 0 Å². The normalized spacial score (nSPS) is 10.5. The minimum absolute atomic E-state index is 0.546. The molecule has 0 unspecified atom stereocenters. The molecular formula is C18H20N2O3S. The highest BCUT2D eigenvalue weighted by Gasteiger charge is 2.12. The zero-order chi connectivity index (χ0) is 17.4. The summed E-state index contributed by atoms with van der Waals surface area (Å²) in [4.78, 5) is 0.643. The molecule has 0 saturated heterocycles. The lowest BCUT2D eigenvalue weighted by Crippen LogP contribution is -2.17. The Morgan fingerprint density at radius 2 is 1.67 bits per heavy atom. The Balaban J connectivity index is 2.04. The van der Waals surface area contributed by atoms with Crippen LogP contribution in [0.15, 0.2) is 47.6 Å². The molecule has 0 saturated carbocycles. The van der Waals surface area contributed by atoms with Crippen molar-refractivity contribution in [2.24, 2.45) is 5.10 Å². The summed E-state index contributed by atoms with van der Waals surface area (Å²) in [5.41, 5.74) is 4.81. The van der Waals surface area contributed by atoms with Crippen LogP contribution in [0.2, 0.25) is 0 Å². The third-order valence-electron chi connectivity index (χ3n) is 3.30. The topological polar surface area (TPSA) is 52.1 Å². The molecule has 5 nitrogen and oxygen atoms in total. The van der Waals surface area contributed by atoms with E-state index in [1.165, 1.54) is 0 Å². The van der Waals surface area contributed by atoms with Gasteiger partial charge in [-0.2, -0.15) is 5.10 Å². The van der Waals surface area contributed by atoms with Crippen molar-refractivity contribution in [2.75, 3.05) is 21.3 Å². The number of hydrazone groups is 1. The summed E-state index contributed by atoms with van der Waals surface area (Å²) in [7, 11) is 4.72. The maximum atomic E-state index is 5.31. The zero-order valence-electron chi connectivity index (χ0n) is 13.9. The van der Waals surface area contributed by atoms with Gasteiger partial charge in [0, 0.05) is 12.0 Å². The van der Waals surface area contributed by atoms with Crippen LogP contribution in [0.5, 0.6) is 17.2 Å². The molecule has 2 rings (SSSR count). The molecule has 0 aliphatic rings. The van der Waals surface area contributed by atoms with E-state index in [4.69, 9.17) is 26.4 Å². The summed E-state index contributed by atoms with van der Waals surface area (Å²) in [6, 6.07) is 13.6. The first kappa shape index (κ1) is 17.7. The van der Waals surface area contributed by atoms with Crippen LogP contribution < -0.4 is 19.6 Å². The van der Waals surface area contributed by atoms with Gasteiger partial charge in [0.05, 0.1) is 27.5 Å². The third kappa shape index (κ3) is 4.70. The van der Waals surface area contributed by atoms with Gasteiger partial charge in [0.2, 0.25) is 5.75 Å². The van der Waals surface area contributed by atoms with E-state index in [0.717, 1.165) is 11.1 Å². The van der Waals surface area contributed by atoms with Gasteiger partial charge in [0.25, 0.3) is 0 Å². The van der Waals surface area contributed by atoms with Gasteiger partial charge >= 0.3 is 0 Å². The van der Waals surface area contributed by atoms with E-state index in [-0.39, 0.29) is 0 Å². The summed E-state index contributed by atoms with van der Waals surface area (Å²) in [6.07, 6.45) is 2.30. The van der Waals surface area contributed by atoms with Crippen molar-refractivity contribution in [1.29, 1.82) is 0 Å². The zero-order valence-corrected chi connectivity index (χ0v) is 14.7. The van der Waals surface area contributed by atoms with Crippen molar-refractivity contribution in [1.82, 2.24) is 5.43 Å². The number of hydrogen-bond donors (Lipinski definition) is 1. The average Bonchev–Trinajstić information content (AvgIpc) is 2.61. The van der Waals surface area contributed by atoms with Gasteiger partial charge in [-0.3, -0.25) is 5.43 Å². The van der Waals surface area contributed by atoms with Crippen LogP contribution in [0.25, 0.3) is 0 Å². The van der Waals surface area contributed by atoms with Gasteiger partial charge in [0.1, 0.15) is 4.99 Å². The number of methoxy groups -OCH3 is 3. The second-order valence-corrected chi connectivity index (χ2v) is 5.41. The van der Waals surface area contributed by atoms with Gasteiger partial charge < -0.3 is 14.2 Å². The monoisotopic (exact) mass is 344 g/mol. The molecule has 0 amide bonds. The van der Waals surface area contributed by atoms with Crippen LogP contribution >= 0.6 is 12.2 Å². The van der Waals surface area contributed by atoms with Crippen LogP contribution in [0, 0.1) is 0 Å². The van der Waals surface area contributed by atoms with Gasteiger partial charge in [-0.05, 0) is 17.7 Å². The summed E-state index contributed by atoms with van der Waals surface area (Å²) < 4.78 is 15.9. The fraction of sp³-hybridized carbons (Fsp3) is 0.222. The van der Waals surface area contributed by atoms with Gasteiger partial charge in [0.15, 0.2) is 11.5 Å². The highest BCUT2D eigenvalue weighted by Crippen LogP contribution is 2.37. The number of thiocarbonyl (C=S) groups is 1. The predicted molar refractivity (Wildman–Crippen MR) is 99.6 cm³/mol. The average molecular weight is 344 g/mol. The van der Waals surface area contributed by atoms with Gasteiger partial charge in [-0.1, -0.05) is 42.5 Å². The van der Waals surface area contributed by atoms with Crippen molar-refractivity contribution in [2.45, 2.75) is 6.42 Å². The molecule has 0 fully saturated rings. The van der Waals surface area contributed by atoms with E-state index < -0.39 is 0 Å². The Labute approximate surface area is 147 Å². The summed E-state index contributed by atoms with van der Waals surface area (Å²) >= 11 is 5.29. The first-order valence-electron chi connectivity index (χ1n) is 7.33. The molecule has 0 spiro atoms. The van der Waals surface area contributed by atoms with Gasteiger partial charge in [-0.25, -0.2) is 0 Å². The Kier molecular flexibility index (Phi) is 6.57. The fourth-order valence-corrected chi connectivity index (χ4v) is 2.39. The summed E-state index contributed by atoms with van der Waals surface area (Å²) in [5, 5.41) is 4.18. The molecule has 126 valence electrons. The molecule has 0 heterocycles. The van der Waals surface area contributed by atoms with E-state index in [1.807, 2.05) is 42.5 Å². The molecule has 24 heavy (non-hydrogen) atoms. The van der Waals surface area contributed by atoms with E-state index in [1.54, 1.807) is 27.5 Å². The van der Waals surface area contributed by atoms with Crippen molar-refractivity contribution in [3.8, 4) is 17.2 Å². The van der Waals surface area contributed by atoms with Crippen molar-refractivity contribution in [3.05, 3.63) is 53.6 Å². The molecule has 0 radical (unpaired) electrons. The van der Waals surface area contributed by atoms with Crippen LogP contribution in [0.1, 0.15) is 11.1 Å². The minimum Gasteiger partial charge on any atom is -0.493 e. The highest BCUT2D eigenvalue weighted by atomic mass is 32.1. The lowest BCUT2D eigenvalue weighted by molar-refractivity contribution is 0.324. The molecule has 6 heteroatoms. The summed E-state index contributed by atoms with van der Waals surface area (Å²) in [6.45, 7) is 0. The van der Waals surface area contributed by atoms with Crippen LogP contribution in [0.3, 0.4) is 0 Å². The molecule has 0 aliphatic heterocycles. The third-order valence-corrected chi connectivity index (χ3v) is 3.53. The molecule has 0 bridgehead atoms. The predicted octanol–water partition coefficient (Wildman–Crippen LogP) is 3.21. The Morgan fingerprint density at radius 1 is 1.04 bits per heavy atom. The van der Waals surface area contributed by atoms with E-state index in [0.29, 0.717) is 28.7 Å². The summed E-state index contributed by atoms with van der Waals surface area (Å²) in [5.74, 6) is 1.69. The molecule has 1 N–H and O–H groups in total. The number of nitrogens with one attached hydrogen (secondary N) is 1. The van der Waals surface area contributed by atoms with Crippen molar-refractivity contribution in [3.63, 3.8) is 0 Å². The molecule has 0 aliphatic carbocycles. The first-order chi connectivity index (χ1) is 11.7. The molecule has 0 atom stereocenters. The number of nitrogens with zero attached hydrogens (tertiary/aromatic N) is 1. The Morgan fingerprint density at radius 3 is 2.21 bits per heavy atom. The Hall–Kier alpha value is -2.60. The number of hydrogen-bond acceptors (Lipinski definition) is 5. The maximum Gasteiger partial charge on any atom is 0.203 e. The molecule has 2 aromatic carbocycles. The molecule has 2 aromatic rings. The van der Waals surface area contributed by atoms with Crippen molar-refractivity contribution >= 4 is 23.4 Å². The maximum absolute atomic E-state index is 5.31. The number of ether oxygens (including phenoxy) is 3. The fourth-order valence-electron chi connectivity index (χ4n) is 2.18. The minimum atomic E-state index is 0.546. The lowest BCUT2D eigenvalue weighted by atomic mass is 10.1. The quantitative estimate of drug-likeness (QED) is 0.475. The number of benzene rings is 2. The largest absolute Gasteiger partial charge is 0.493 e. The van der Waals surface area contributed by atoms with Crippen LogP contribution in [-0.4, -0.2) is 32.5 Å². The van der Waals surface area contributed by atoms with Crippen LogP contribution in [0.4, 0.5) is 0 Å². The molecular weight excluding hydrogens is 324 g/mol. The standard InChI is InChI=1S/C18H20N2O3S/c1-21-15-9-14(10-16(22-2)18(15)23-3)12-19-20-17(24)11-13-7-5-4-6-8-13/h4-10,12H,11H2,1-3H3,(H,20,24)/b19-12-. The van der Waals surface area contributed by atoms with E-state index in [9.17, 15) is 0 Å². The molecule has 0 aromatic heterocycles. The SMILES string of the molecule is COc1cc(/C=N\NC(=S)Cc2ccccc2)cc(OC)c1OC. The second kappa shape index (κ2) is 8.88. The Bertz CT molecular complexity index is 692. The number of rotatable bonds is 7. The first-order valence-corrected chi connectivity index (χ1v) is 7.74.